The molecule has 0 bridgehead atoms. The van der Waals surface area contributed by atoms with Crippen LogP contribution in [0, 0.1) is 6.92 Å². The number of ether oxygens (including phenoxy) is 2. The summed E-state index contributed by atoms with van der Waals surface area (Å²) in [6.07, 6.45) is 0. The van der Waals surface area contributed by atoms with Crippen LogP contribution in [0.4, 0.5) is 11.4 Å². The summed E-state index contributed by atoms with van der Waals surface area (Å²) in [5.74, 6) is -0.124. The molecular weight excluding hydrogens is 308 g/mol. The molecule has 2 aromatic rings. The average Bonchev–Trinajstić information content (AvgIpc) is 2.59. The van der Waals surface area contributed by atoms with E-state index in [9.17, 15) is 9.59 Å². The van der Waals surface area contributed by atoms with Crippen molar-refractivity contribution in [3.05, 3.63) is 53.6 Å². The van der Waals surface area contributed by atoms with Crippen LogP contribution in [0.5, 0.6) is 5.75 Å². The van der Waals surface area contributed by atoms with E-state index in [4.69, 9.17) is 9.47 Å². The normalized spacial score (nSPS) is 9.96. The van der Waals surface area contributed by atoms with E-state index >= 15 is 0 Å². The molecule has 0 unspecified atom stereocenters. The number of carbonyl (C=O) groups excluding carboxylic acids is 2. The Hall–Kier alpha value is -3.02. The Morgan fingerprint density at radius 1 is 1.04 bits per heavy atom. The molecule has 126 valence electrons. The number of methoxy groups -OCH3 is 2. The standard InChI is InChI=1S/C18H20N2O4/c1-12-8-9-16(23-2)15(10-12)20-17(21)11-19-14-7-5-4-6-13(14)18(22)24-3/h4-10,19H,11H2,1-3H3,(H,20,21). The lowest BCUT2D eigenvalue weighted by Gasteiger charge is -2.13. The molecule has 6 nitrogen and oxygen atoms in total. The number of anilines is 2. The highest BCUT2D eigenvalue weighted by molar-refractivity contribution is 5.98. The van der Waals surface area contributed by atoms with E-state index in [0.29, 0.717) is 22.7 Å². The largest absolute Gasteiger partial charge is 0.495 e. The van der Waals surface area contributed by atoms with Gasteiger partial charge in [-0.15, -0.1) is 0 Å². The summed E-state index contributed by atoms with van der Waals surface area (Å²) in [5.41, 5.74) is 2.53. The minimum atomic E-state index is -0.459. The van der Waals surface area contributed by atoms with Gasteiger partial charge in [-0.25, -0.2) is 4.79 Å². The van der Waals surface area contributed by atoms with Gasteiger partial charge in [0.15, 0.2) is 0 Å². The molecule has 0 atom stereocenters. The van der Waals surface area contributed by atoms with Crippen molar-refractivity contribution in [2.24, 2.45) is 0 Å². The molecule has 24 heavy (non-hydrogen) atoms. The van der Waals surface area contributed by atoms with Gasteiger partial charge in [-0.1, -0.05) is 18.2 Å². The van der Waals surface area contributed by atoms with Crippen LogP contribution in [-0.2, 0) is 9.53 Å². The van der Waals surface area contributed by atoms with E-state index in [1.165, 1.54) is 7.11 Å². The first-order valence-electron chi connectivity index (χ1n) is 7.41. The number of rotatable bonds is 6. The SMILES string of the molecule is COC(=O)c1ccccc1NCC(=O)Nc1cc(C)ccc1OC. The molecule has 6 heteroatoms. The van der Waals surface area contributed by atoms with Gasteiger partial charge in [0.1, 0.15) is 5.75 Å². The van der Waals surface area contributed by atoms with E-state index in [1.54, 1.807) is 37.4 Å². The van der Waals surface area contributed by atoms with Crippen LogP contribution >= 0.6 is 0 Å². The molecule has 0 saturated heterocycles. The Bertz CT molecular complexity index is 744. The molecule has 0 aromatic heterocycles. The summed E-state index contributed by atoms with van der Waals surface area (Å²) in [6, 6.07) is 12.4. The summed E-state index contributed by atoms with van der Waals surface area (Å²) in [7, 11) is 2.86. The smallest absolute Gasteiger partial charge is 0.339 e. The van der Waals surface area contributed by atoms with Gasteiger partial charge in [-0.2, -0.15) is 0 Å². The first-order chi connectivity index (χ1) is 11.5. The molecule has 0 aliphatic rings. The summed E-state index contributed by atoms with van der Waals surface area (Å²) >= 11 is 0. The Labute approximate surface area is 140 Å². The molecule has 0 fully saturated rings. The van der Waals surface area contributed by atoms with Gasteiger partial charge in [0.2, 0.25) is 5.91 Å². The number of amides is 1. The molecule has 0 saturated carbocycles. The van der Waals surface area contributed by atoms with Crippen molar-refractivity contribution in [1.82, 2.24) is 0 Å². The van der Waals surface area contributed by atoms with Crippen LogP contribution in [0.2, 0.25) is 0 Å². The molecule has 2 rings (SSSR count). The number of benzene rings is 2. The second kappa shape index (κ2) is 8.01. The zero-order chi connectivity index (χ0) is 17.5. The van der Waals surface area contributed by atoms with Crippen LogP contribution in [0.1, 0.15) is 15.9 Å². The van der Waals surface area contributed by atoms with Crippen LogP contribution in [-0.4, -0.2) is 32.6 Å². The maximum atomic E-state index is 12.2. The number of aryl methyl sites for hydroxylation is 1. The van der Waals surface area contributed by atoms with Gasteiger partial charge in [-0.05, 0) is 36.8 Å². The van der Waals surface area contributed by atoms with Crippen molar-refractivity contribution < 1.29 is 19.1 Å². The van der Waals surface area contributed by atoms with Crippen molar-refractivity contribution in [3.8, 4) is 5.75 Å². The predicted octanol–water partition coefficient (Wildman–Crippen LogP) is 2.84. The predicted molar refractivity (Wildman–Crippen MR) is 92.6 cm³/mol. The topological polar surface area (TPSA) is 76.7 Å². The van der Waals surface area contributed by atoms with Crippen LogP contribution in [0.25, 0.3) is 0 Å². The quantitative estimate of drug-likeness (QED) is 0.798. The van der Waals surface area contributed by atoms with Gasteiger partial charge < -0.3 is 20.1 Å². The lowest BCUT2D eigenvalue weighted by atomic mass is 10.2. The number of hydrogen-bond acceptors (Lipinski definition) is 5. The molecule has 1 amide bonds. The maximum Gasteiger partial charge on any atom is 0.339 e. The van der Waals surface area contributed by atoms with Crippen molar-refractivity contribution in [3.63, 3.8) is 0 Å². The molecule has 0 heterocycles. The molecule has 0 spiro atoms. The fraction of sp³-hybridized carbons (Fsp3) is 0.222. The van der Waals surface area contributed by atoms with Gasteiger partial charge in [0, 0.05) is 5.69 Å². The van der Waals surface area contributed by atoms with E-state index in [2.05, 4.69) is 10.6 Å². The minimum Gasteiger partial charge on any atom is -0.495 e. The number of para-hydroxylation sites is 1. The van der Waals surface area contributed by atoms with Crippen LogP contribution in [0.3, 0.4) is 0 Å². The lowest BCUT2D eigenvalue weighted by molar-refractivity contribution is -0.114. The lowest BCUT2D eigenvalue weighted by Crippen LogP contribution is -2.23. The Balaban J connectivity index is 2.05. The van der Waals surface area contributed by atoms with Gasteiger partial charge in [0.05, 0.1) is 32.0 Å². The first kappa shape index (κ1) is 17.3. The van der Waals surface area contributed by atoms with Gasteiger partial charge >= 0.3 is 5.97 Å². The summed E-state index contributed by atoms with van der Waals surface area (Å²) in [4.78, 5) is 23.9. The van der Waals surface area contributed by atoms with E-state index in [0.717, 1.165) is 5.56 Å². The van der Waals surface area contributed by atoms with Crippen molar-refractivity contribution in [2.45, 2.75) is 6.92 Å². The second-order valence-electron chi connectivity index (χ2n) is 5.14. The fourth-order valence-electron chi connectivity index (χ4n) is 2.21. The molecule has 2 aromatic carbocycles. The van der Waals surface area contributed by atoms with Crippen molar-refractivity contribution in [2.75, 3.05) is 31.4 Å². The highest BCUT2D eigenvalue weighted by Crippen LogP contribution is 2.25. The Kier molecular flexibility index (Phi) is 5.78. The molecule has 0 radical (unpaired) electrons. The number of hydrogen-bond donors (Lipinski definition) is 2. The van der Waals surface area contributed by atoms with Gasteiger partial charge in [0.25, 0.3) is 0 Å². The number of esters is 1. The van der Waals surface area contributed by atoms with E-state index in [-0.39, 0.29) is 12.5 Å². The zero-order valence-electron chi connectivity index (χ0n) is 13.9. The summed E-state index contributed by atoms with van der Waals surface area (Å²) < 4.78 is 9.96. The summed E-state index contributed by atoms with van der Waals surface area (Å²) in [6.45, 7) is 1.94. The Morgan fingerprint density at radius 3 is 2.50 bits per heavy atom. The number of nitrogens with one attached hydrogen (secondary N) is 2. The zero-order valence-corrected chi connectivity index (χ0v) is 13.9. The third kappa shape index (κ3) is 4.25. The second-order valence-corrected chi connectivity index (χ2v) is 5.14. The maximum absolute atomic E-state index is 12.2. The van der Waals surface area contributed by atoms with Gasteiger partial charge in [-0.3, -0.25) is 4.79 Å². The highest BCUT2D eigenvalue weighted by atomic mass is 16.5. The molecule has 0 aliphatic heterocycles. The number of carbonyl (C=O) groups is 2. The molecule has 0 aliphatic carbocycles. The average molecular weight is 328 g/mol. The Morgan fingerprint density at radius 2 is 1.79 bits per heavy atom. The monoisotopic (exact) mass is 328 g/mol. The van der Waals surface area contributed by atoms with E-state index in [1.807, 2.05) is 19.1 Å². The van der Waals surface area contributed by atoms with Crippen LogP contribution in [0.15, 0.2) is 42.5 Å². The molecule has 2 N–H and O–H groups in total. The fourth-order valence-corrected chi connectivity index (χ4v) is 2.21. The highest BCUT2D eigenvalue weighted by Gasteiger charge is 2.12. The van der Waals surface area contributed by atoms with Crippen LogP contribution < -0.4 is 15.4 Å². The first-order valence-corrected chi connectivity index (χ1v) is 7.41. The van der Waals surface area contributed by atoms with E-state index < -0.39 is 5.97 Å². The third-order valence-electron chi connectivity index (χ3n) is 3.40. The van der Waals surface area contributed by atoms with Crippen molar-refractivity contribution >= 4 is 23.3 Å². The molecular formula is C18H20N2O4. The third-order valence-corrected chi connectivity index (χ3v) is 3.40. The summed E-state index contributed by atoms with van der Waals surface area (Å²) in [5, 5.41) is 5.74. The minimum absolute atomic E-state index is 0.00506. The van der Waals surface area contributed by atoms with Crippen molar-refractivity contribution in [1.29, 1.82) is 0 Å².